The molecule has 0 saturated heterocycles. The van der Waals surface area contributed by atoms with Gasteiger partial charge < -0.3 is 20.3 Å². The van der Waals surface area contributed by atoms with Crippen molar-refractivity contribution in [2.75, 3.05) is 37.9 Å². The Hall–Kier alpha value is -3.38. The van der Waals surface area contributed by atoms with Gasteiger partial charge in [-0.2, -0.15) is 5.26 Å². The van der Waals surface area contributed by atoms with Crippen LogP contribution in [0.2, 0.25) is 0 Å². The number of hydrogen-bond donors (Lipinski definition) is 2. The molecule has 29 heavy (non-hydrogen) atoms. The molecule has 0 radical (unpaired) electrons. The zero-order chi connectivity index (χ0) is 21.6. The predicted molar refractivity (Wildman–Crippen MR) is 111 cm³/mol. The van der Waals surface area contributed by atoms with E-state index in [1.54, 1.807) is 52.2 Å². The Labute approximate surface area is 173 Å². The molecule has 1 aromatic carbocycles. The monoisotopic (exact) mass is 414 g/mol. The molecule has 0 saturated carbocycles. The van der Waals surface area contributed by atoms with Crippen molar-refractivity contribution in [3.05, 3.63) is 45.8 Å². The molecule has 1 aromatic heterocycles. The highest BCUT2D eigenvalue weighted by molar-refractivity contribution is 7.18. The molecule has 1 heterocycles. The van der Waals surface area contributed by atoms with E-state index >= 15 is 0 Å². The van der Waals surface area contributed by atoms with Crippen molar-refractivity contribution in [1.82, 2.24) is 4.90 Å². The Balaban J connectivity index is 2.22. The van der Waals surface area contributed by atoms with Gasteiger partial charge in [-0.1, -0.05) is 6.07 Å². The van der Waals surface area contributed by atoms with Gasteiger partial charge in [0.25, 0.3) is 5.91 Å². The van der Waals surface area contributed by atoms with Crippen LogP contribution in [-0.4, -0.2) is 49.9 Å². The van der Waals surface area contributed by atoms with E-state index in [9.17, 15) is 14.4 Å². The molecule has 0 bridgehead atoms. The van der Waals surface area contributed by atoms with E-state index in [1.807, 2.05) is 6.07 Å². The molecule has 2 N–H and O–H groups in total. The summed E-state index contributed by atoms with van der Waals surface area (Å²) in [4.78, 5) is 39.0. The van der Waals surface area contributed by atoms with E-state index in [1.165, 1.54) is 4.90 Å². The fraction of sp³-hybridized carbons (Fsp3) is 0.300. The smallest absolute Gasteiger partial charge is 0.341 e. The summed E-state index contributed by atoms with van der Waals surface area (Å²) in [5.74, 6) is -1.25. The average molecular weight is 414 g/mol. The first-order valence-electron chi connectivity index (χ1n) is 8.84. The molecule has 0 fully saturated rings. The maximum absolute atomic E-state index is 12.4. The van der Waals surface area contributed by atoms with E-state index in [0.29, 0.717) is 21.7 Å². The first kappa shape index (κ1) is 21.9. The van der Waals surface area contributed by atoms with Crippen LogP contribution >= 0.6 is 11.3 Å². The number of rotatable bonds is 7. The highest BCUT2D eigenvalue weighted by atomic mass is 32.1. The van der Waals surface area contributed by atoms with E-state index in [4.69, 9.17) is 10.00 Å². The van der Waals surface area contributed by atoms with Crippen molar-refractivity contribution in [3.63, 3.8) is 0 Å². The van der Waals surface area contributed by atoms with Crippen LogP contribution in [0.3, 0.4) is 0 Å². The number of benzene rings is 1. The van der Waals surface area contributed by atoms with E-state index in [-0.39, 0.29) is 29.6 Å². The van der Waals surface area contributed by atoms with Crippen LogP contribution in [0.5, 0.6) is 0 Å². The minimum Gasteiger partial charge on any atom is -0.462 e. The van der Waals surface area contributed by atoms with Gasteiger partial charge >= 0.3 is 5.97 Å². The van der Waals surface area contributed by atoms with Crippen LogP contribution < -0.4 is 10.6 Å². The lowest BCUT2D eigenvalue weighted by Crippen LogP contribution is -2.22. The number of carbonyl (C=O) groups is 3. The standard InChI is InChI=1S/C20H22N4O4S/c1-5-28-20(27)16-12(2)17(19(26)24(3)4)29-18(16)23-15(25)11-22-14-8-6-7-13(9-14)10-21/h6-9,22H,5,11H2,1-4H3,(H,23,25). The minimum absolute atomic E-state index is 0.0783. The van der Waals surface area contributed by atoms with Crippen molar-refractivity contribution >= 4 is 39.8 Å². The fourth-order valence-electron chi connectivity index (χ4n) is 2.51. The molecule has 152 valence electrons. The second-order valence-electron chi connectivity index (χ2n) is 6.27. The number of nitrogens with zero attached hydrogens (tertiary/aromatic N) is 2. The van der Waals surface area contributed by atoms with Gasteiger partial charge in [-0.05, 0) is 37.6 Å². The molecular weight excluding hydrogens is 392 g/mol. The molecule has 9 heteroatoms. The molecule has 0 aliphatic heterocycles. The molecule has 0 unspecified atom stereocenters. The summed E-state index contributed by atoms with van der Waals surface area (Å²) in [7, 11) is 3.23. The molecular formula is C20H22N4O4S. The van der Waals surface area contributed by atoms with Gasteiger partial charge in [0.05, 0.1) is 35.2 Å². The normalized spacial score (nSPS) is 10.0. The number of nitrogens with one attached hydrogen (secondary N) is 2. The highest BCUT2D eigenvalue weighted by Gasteiger charge is 2.27. The number of hydrogen-bond acceptors (Lipinski definition) is 7. The van der Waals surface area contributed by atoms with E-state index in [0.717, 1.165) is 11.3 Å². The second-order valence-corrected chi connectivity index (χ2v) is 7.30. The van der Waals surface area contributed by atoms with E-state index < -0.39 is 11.9 Å². The van der Waals surface area contributed by atoms with Crippen LogP contribution in [0.15, 0.2) is 24.3 Å². The summed E-state index contributed by atoms with van der Waals surface area (Å²) in [6.07, 6.45) is 0. The van der Waals surface area contributed by atoms with Gasteiger partial charge in [-0.25, -0.2) is 4.79 Å². The molecule has 8 nitrogen and oxygen atoms in total. The van der Waals surface area contributed by atoms with Crippen molar-refractivity contribution in [2.45, 2.75) is 13.8 Å². The van der Waals surface area contributed by atoms with Crippen LogP contribution in [-0.2, 0) is 9.53 Å². The summed E-state index contributed by atoms with van der Waals surface area (Å²) in [6, 6.07) is 8.76. The lowest BCUT2D eigenvalue weighted by molar-refractivity contribution is -0.114. The molecule has 2 aromatic rings. The lowest BCUT2D eigenvalue weighted by Gasteiger charge is -2.09. The molecule has 0 aliphatic rings. The summed E-state index contributed by atoms with van der Waals surface area (Å²) in [5, 5.41) is 14.8. The zero-order valence-electron chi connectivity index (χ0n) is 16.7. The average Bonchev–Trinajstić information content (AvgIpc) is 3.01. The number of anilines is 2. The molecule has 0 atom stereocenters. The van der Waals surface area contributed by atoms with Gasteiger partial charge in [-0.3, -0.25) is 9.59 Å². The summed E-state index contributed by atoms with van der Waals surface area (Å²) in [5.41, 5.74) is 1.75. The van der Waals surface area contributed by atoms with Crippen molar-refractivity contribution in [1.29, 1.82) is 5.26 Å². The zero-order valence-corrected chi connectivity index (χ0v) is 17.5. The largest absolute Gasteiger partial charge is 0.462 e. The van der Waals surface area contributed by atoms with Gasteiger partial charge in [0.2, 0.25) is 5.91 Å². The lowest BCUT2D eigenvalue weighted by atomic mass is 10.1. The topological polar surface area (TPSA) is 112 Å². The first-order valence-corrected chi connectivity index (χ1v) is 9.66. The summed E-state index contributed by atoms with van der Waals surface area (Å²) in [6.45, 7) is 3.43. The number of amides is 2. The molecule has 2 rings (SSSR count). The second kappa shape index (κ2) is 9.71. The third-order valence-electron chi connectivity index (χ3n) is 3.92. The number of carbonyl (C=O) groups excluding carboxylic acids is 3. The fourth-order valence-corrected chi connectivity index (χ4v) is 3.74. The molecule has 2 amide bonds. The quantitative estimate of drug-likeness (QED) is 0.674. The van der Waals surface area contributed by atoms with Crippen molar-refractivity contribution in [3.8, 4) is 6.07 Å². The number of thiophene rings is 1. The van der Waals surface area contributed by atoms with Crippen molar-refractivity contribution in [2.24, 2.45) is 0 Å². The summed E-state index contributed by atoms with van der Waals surface area (Å²) < 4.78 is 5.08. The predicted octanol–water partition coefficient (Wildman–Crippen LogP) is 2.86. The van der Waals surface area contributed by atoms with Crippen LogP contribution in [0.4, 0.5) is 10.7 Å². The maximum atomic E-state index is 12.4. The Morgan fingerprint density at radius 2 is 2.00 bits per heavy atom. The third-order valence-corrected chi connectivity index (χ3v) is 5.12. The van der Waals surface area contributed by atoms with Gasteiger partial charge in [0.1, 0.15) is 5.00 Å². The Kier molecular flexibility index (Phi) is 7.33. The van der Waals surface area contributed by atoms with E-state index in [2.05, 4.69) is 10.6 Å². The first-order chi connectivity index (χ1) is 13.8. The van der Waals surface area contributed by atoms with Crippen LogP contribution in [0, 0.1) is 18.3 Å². The molecule has 0 aliphatic carbocycles. The Morgan fingerprint density at radius 1 is 1.28 bits per heavy atom. The van der Waals surface area contributed by atoms with Gasteiger partial charge in [0.15, 0.2) is 0 Å². The van der Waals surface area contributed by atoms with Crippen LogP contribution in [0.25, 0.3) is 0 Å². The number of ether oxygens (including phenoxy) is 1. The minimum atomic E-state index is -0.593. The SMILES string of the molecule is CCOC(=O)c1c(NC(=O)CNc2cccc(C#N)c2)sc(C(=O)N(C)C)c1C. The Bertz CT molecular complexity index is 975. The summed E-state index contributed by atoms with van der Waals surface area (Å²) >= 11 is 1.04. The van der Waals surface area contributed by atoms with Gasteiger partial charge in [0, 0.05) is 19.8 Å². The van der Waals surface area contributed by atoms with Crippen LogP contribution in [0.1, 0.15) is 38.1 Å². The van der Waals surface area contributed by atoms with Gasteiger partial charge in [-0.15, -0.1) is 11.3 Å². The Morgan fingerprint density at radius 3 is 2.62 bits per heavy atom. The maximum Gasteiger partial charge on any atom is 0.341 e. The molecule has 0 spiro atoms. The third kappa shape index (κ3) is 5.33. The number of esters is 1. The highest BCUT2D eigenvalue weighted by Crippen LogP contribution is 2.34. The number of nitriles is 1. The van der Waals surface area contributed by atoms with Crippen molar-refractivity contribution < 1.29 is 19.1 Å².